The summed E-state index contributed by atoms with van der Waals surface area (Å²) in [5.41, 5.74) is 6.12. The normalized spacial score (nSPS) is 23.9. The van der Waals surface area contributed by atoms with Crippen molar-refractivity contribution >= 4 is 27.2 Å². The fourth-order valence-electron chi connectivity index (χ4n) is 2.49. The van der Waals surface area contributed by atoms with Gasteiger partial charge in [-0.15, -0.1) is 0 Å². The average molecular weight is 328 g/mol. The van der Waals surface area contributed by atoms with Gasteiger partial charge in [-0.05, 0) is 24.5 Å². The Morgan fingerprint density at radius 3 is 2.81 bits per heavy atom. The number of hydrogen-bond acceptors (Lipinski definition) is 4. The van der Waals surface area contributed by atoms with Gasteiger partial charge in [-0.1, -0.05) is 31.3 Å². The summed E-state index contributed by atoms with van der Waals surface area (Å²) in [4.78, 5) is 0.409. The third-order valence-corrected chi connectivity index (χ3v) is 6.01. The van der Waals surface area contributed by atoms with Crippen molar-refractivity contribution in [3.05, 3.63) is 29.8 Å². The van der Waals surface area contributed by atoms with Crippen molar-refractivity contribution in [2.75, 3.05) is 20.2 Å². The molecule has 2 rings (SSSR count). The summed E-state index contributed by atoms with van der Waals surface area (Å²) >= 11 is 4.90. The second-order valence-electron chi connectivity index (χ2n) is 5.30. The Bertz CT molecular complexity index is 631. The molecule has 1 fully saturated rings. The smallest absolute Gasteiger partial charge is 0.243 e. The van der Waals surface area contributed by atoms with Crippen molar-refractivity contribution in [2.24, 2.45) is 11.7 Å². The molecule has 116 valence electrons. The summed E-state index contributed by atoms with van der Waals surface area (Å²) in [5.74, 6) is 0.351. The van der Waals surface area contributed by atoms with Gasteiger partial charge >= 0.3 is 0 Å². The zero-order valence-corrected chi connectivity index (χ0v) is 13.8. The first-order valence-electron chi connectivity index (χ1n) is 6.79. The summed E-state index contributed by atoms with van der Waals surface area (Å²) < 4.78 is 32.3. The van der Waals surface area contributed by atoms with E-state index in [0.29, 0.717) is 24.6 Å². The van der Waals surface area contributed by atoms with Gasteiger partial charge in [-0.25, -0.2) is 8.42 Å². The van der Waals surface area contributed by atoms with Crippen molar-refractivity contribution in [1.29, 1.82) is 0 Å². The van der Waals surface area contributed by atoms with Crippen LogP contribution in [0.4, 0.5) is 0 Å². The molecule has 2 unspecified atom stereocenters. The fourth-order valence-corrected chi connectivity index (χ4v) is 4.13. The lowest BCUT2D eigenvalue weighted by molar-refractivity contribution is 0.0184. The van der Waals surface area contributed by atoms with Gasteiger partial charge in [0, 0.05) is 25.8 Å². The maximum absolute atomic E-state index is 12.7. The Morgan fingerprint density at radius 1 is 1.48 bits per heavy atom. The zero-order chi connectivity index (χ0) is 15.6. The summed E-state index contributed by atoms with van der Waals surface area (Å²) in [6.07, 6.45) is 0.708. The van der Waals surface area contributed by atoms with E-state index in [4.69, 9.17) is 22.7 Å². The van der Waals surface area contributed by atoms with Crippen LogP contribution in [0.1, 0.15) is 18.9 Å². The minimum atomic E-state index is -3.55. The number of nitrogens with zero attached hydrogens (tertiary/aromatic N) is 1. The van der Waals surface area contributed by atoms with E-state index in [1.807, 2.05) is 0 Å². The molecular weight excluding hydrogens is 308 g/mol. The molecule has 1 heterocycles. The monoisotopic (exact) mass is 328 g/mol. The molecule has 2 N–H and O–H groups in total. The molecular formula is C14H20N2O3S2. The highest BCUT2D eigenvalue weighted by atomic mass is 32.2. The topological polar surface area (TPSA) is 72.6 Å². The van der Waals surface area contributed by atoms with Gasteiger partial charge in [-0.2, -0.15) is 4.31 Å². The molecule has 21 heavy (non-hydrogen) atoms. The van der Waals surface area contributed by atoms with Crippen LogP contribution in [0.2, 0.25) is 0 Å². The number of hydrogen-bond donors (Lipinski definition) is 1. The van der Waals surface area contributed by atoms with E-state index in [9.17, 15) is 8.42 Å². The number of thiocarbonyl (C=S) groups is 1. The Hall–Kier alpha value is -1.02. The maximum atomic E-state index is 12.7. The highest BCUT2D eigenvalue weighted by Crippen LogP contribution is 2.25. The molecule has 1 saturated heterocycles. The standard InChI is InChI=1S/C14H20N2O3S2/c1-10-6-7-16(9-13(10)19-2)21(17,18)12-5-3-4-11(8-12)14(15)20/h3-5,8,10,13H,6-7,9H2,1-2H3,(H2,15,20). The Balaban J connectivity index is 2.30. The number of piperidine rings is 1. The van der Waals surface area contributed by atoms with E-state index in [-0.39, 0.29) is 16.0 Å². The second kappa shape index (κ2) is 6.39. The van der Waals surface area contributed by atoms with Gasteiger partial charge in [0.15, 0.2) is 0 Å². The van der Waals surface area contributed by atoms with Crippen LogP contribution in [0.25, 0.3) is 0 Å². The second-order valence-corrected chi connectivity index (χ2v) is 7.67. The highest BCUT2D eigenvalue weighted by molar-refractivity contribution is 7.89. The van der Waals surface area contributed by atoms with E-state index in [0.717, 1.165) is 6.42 Å². The van der Waals surface area contributed by atoms with Crippen molar-refractivity contribution in [3.63, 3.8) is 0 Å². The van der Waals surface area contributed by atoms with E-state index in [2.05, 4.69) is 6.92 Å². The third kappa shape index (κ3) is 3.42. The first-order valence-corrected chi connectivity index (χ1v) is 8.64. The van der Waals surface area contributed by atoms with Gasteiger partial charge in [-0.3, -0.25) is 0 Å². The van der Waals surface area contributed by atoms with Crippen LogP contribution in [0.15, 0.2) is 29.2 Å². The van der Waals surface area contributed by atoms with E-state index < -0.39 is 10.0 Å². The first-order chi connectivity index (χ1) is 9.86. The first kappa shape index (κ1) is 16.4. The summed E-state index contributed by atoms with van der Waals surface area (Å²) in [6.45, 7) is 2.95. The zero-order valence-electron chi connectivity index (χ0n) is 12.2. The summed E-state index contributed by atoms with van der Waals surface area (Å²) in [7, 11) is -1.93. The molecule has 7 heteroatoms. The SMILES string of the molecule is COC1CN(S(=O)(=O)c2cccc(C(N)=S)c2)CCC1C. The molecule has 1 aromatic carbocycles. The van der Waals surface area contributed by atoms with Gasteiger partial charge in [0.1, 0.15) is 4.99 Å². The predicted octanol–water partition coefficient (Wildman–Crippen LogP) is 1.37. The number of rotatable bonds is 4. The summed E-state index contributed by atoms with van der Waals surface area (Å²) in [6, 6.07) is 6.45. The number of sulfonamides is 1. The van der Waals surface area contributed by atoms with Crippen LogP contribution >= 0.6 is 12.2 Å². The molecule has 1 aliphatic rings. The number of nitrogens with two attached hydrogens (primary N) is 1. The quantitative estimate of drug-likeness (QED) is 0.845. The molecule has 5 nitrogen and oxygen atoms in total. The third-order valence-electron chi connectivity index (χ3n) is 3.91. The Labute approximate surface area is 131 Å². The Morgan fingerprint density at radius 2 is 2.19 bits per heavy atom. The maximum Gasteiger partial charge on any atom is 0.243 e. The molecule has 0 amide bonds. The van der Waals surface area contributed by atoms with E-state index in [1.54, 1.807) is 25.3 Å². The van der Waals surface area contributed by atoms with Crippen LogP contribution in [0.5, 0.6) is 0 Å². The van der Waals surface area contributed by atoms with E-state index in [1.165, 1.54) is 10.4 Å². The lowest BCUT2D eigenvalue weighted by atomic mass is 9.97. The molecule has 0 aliphatic carbocycles. The molecule has 0 saturated carbocycles. The molecule has 0 aromatic heterocycles. The lowest BCUT2D eigenvalue weighted by Crippen LogP contribution is -2.46. The summed E-state index contributed by atoms with van der Waals surface area (Å²) in [5, 5.41) is 0. The van der Waals surface area contributed by atoms with Crippen molar-refractivity contribution in [3.8, 4) is 0 Å². The van der Waals surface area contributed by atoms with Crippen LogP contribution in [-0.4, -0.2) is 44.0 Å². The average Bonchev–Trinajstić information content (AvgIpc) is 2.47. The van der Waals surface area contributed by atoms with Crippen LogP contribution in [-0.2, 0) is 14.8 Å². The number of methoxy groups -OCH3 is 1. The fraction of sp³-hybridized carbons (Fsp3) is 0.500. The van der Waals surface area contributed by atoms with Crippen LogP contribution in [0.3, 0.4) is 0 Å². The molecule has 2 atom stereocenters. The van der Waals surface area contributed by atoms with Crippen molar-refractivity contribution in [2.45, 2.75) is 24.3 Å². The minimum Gasteiger partial charge on any atom is -0.389 e. The van der Waals surface area contributed by atoms with Crippen molar-refractivity contribution < 1.29 is 13.2 Å². The number of benzene rings is 1. The predicted molar refractivity (Wildman–Crippen MR) is 85.7 cm³/mol. The molecule has 0 spiro atoms. The molecule has 1 aromatic rings. The lowest BCUT2D eigenvalue weighted by Gasteiger charge is -2.35. The molecule has 1 aliphatic heterocycles. The van der Waals surface area contributed by atoms with Crippen LogP contribution < -0.4 is 5.73 Å². The minimum absolute atomic E-state index is 0.0766. The van der Waals surface area contributed by atoms with Gasteiger partial charge in [0.05, 0.1) is 11.0 Å². The molecule has 0 radical (unpaired) electrons. The van der Waals surface area contributed by atoms with Gasteiger partial charge < -0.3 is 10.5 Å². The van der Waals surface area contributed by atoms with Crippen molar-refractivity contribution in [1.82, 2.24) is 4.31 Å². The Kier molecular flexibility index (Phi) is 4.98. The molecule has 0 bridgehead atoms. The largest absolute Gasteiger partial charge is 0.389 e. The van der Waals surface area contributed by atoms with Gasteiger partial charge in [0.25, 0.3) is 0 Å². The van der Waals surface area contributed by atoms with Gasteiger partial charge in [0.2, 0.25) is 10.0 Å². The van der Waals surface area contributed by atoms with Crippen LogP contribution in [0, 0.1) is 5.92 Å². The number of ether oxygens (including phenoxy) is 1. The highest BCUT2D eigenvalue weighted by Gasteiger charge is 2.33. The van der Waals surface area contributed by atoms with E-state index >= 15 is 0 Å².